The van der Waals surface area contributed by atoms with Crippen molar-refractivity contribution in [3.05, 3.63) is 11.6 Å². The number of hydrogen-bond donors (Lipinski definition) is 1. The van der Waals surface area contributed by atoms with E-state index in [1.54, 1.807) is 5.57 Å². The maximum Gasteiger partial charge on any atom is 0.0814 e. The second-order valence-corrected chi connectivity index (χ2v) is 11.3. The molecule has 0 spiro atoms. The molecule has 1 N–H and O–H groups in total. The lowest BCUT2D eigenvalue weighted by atomic mass is 9.47. The molecule has 0 radical (unpaired) electrons. The summed E-state index contributed by atoms with van der Waals surface area (Å²) in [6.07, 6.45) is 11.3. The van der Waals surface area contributed by atoms with Crippen LogP contribution in [0.1, 0.15) is 79.6 Å². The van der Waals surface area contributed by atoms with Crippen molar-refractivity contribution in [2.75, 3.05) is 0 Å². The first-order valence-corrected chi connectivity index (χ1v) is 11.6. The highest BCUT2D eigenvalue weighted by Gasteiger charge is 2.65. The molecule has 1 heterocycles. The van der Waals surface area contributed by atoms with Gasteiger partial charge in [0.05, 0.1) is 12.2 Å². The number of fused-ring (bicyclic) bond motifs is 7. The van der Waals surface area contributed by atoms with Crippen LogP contribution in [0.15, 0.2) is 11.6 Å². The summed E-state index contributed by atoms with van der Waals surface area (Å²) in [5, 5.41) is 12.6. The Morgan fingerprint density at radius 2 is 1.96 bits per heavy atom. The van der Waals surface area contributed by atoms with Crippen LogP contribution in [0.5, 0.6) is 0 Å². The Kier molecular flexibility index (Phi) is 4.18. The molecule has 5 rings (SSSR count). The minimum absolute atomic E-state index is 0.0989. The number of nitrogens with zero attached hydrogens (tertiary/aromatic N) is 1. The summed E-state index contributed by atoms with van der Waals surface area (Å²) >= 11 is 0. The van der Waals surface area contributed by atoms with E-state index in [4.69, 9.17) is 4.84 Å². The predicted octanol–water partition coefficient (Wildman–Crippen LogP) is 4.95. The predicted molar refractivity (Wildman–Crippen MR) is 108 cm³/mol. The topological polar surface area (TPSA) is 32.7 Å². The number of aliphatic hydroxyl groups excluding tert-OH is 1. The Morgan fingerprint density at radius 1 is 1.19 bits per heavy atom. The van der Waals surface area contributed by atoms with Gasteiger partial charge >= 0.3 is 0 Å². The molecule has 0 amide bonds. The quantitative estimate of drug-likeness (QED) is 0.660. The molecule has 3 saturated carbocycles. The van der Waals surface area contributed by atoms with Crippen LogP contribution in [0, 0.1) is 34.5 Å². The summed E-state index contributed by atoms with van der Waals surface area (Å²) in [4.78, 5) is 6.35. The van der Waals surface area contributed by atoms with Crippen molar-refractivity contribution in [2.24, 2.45) is 34.5 Å². The number of rotatable bonds is 1. The van der Waals surface area contributed by atoms with Crippen molar-refractivity contribution < 1.29 is 9.94 Å². The number of aliphatic hydroxyl groups is 1. The molecule has 3 heteroatoms. The third-order valence-corrected chi connectivity index (χ3v) is 9.82. The van der Waals surface area contributed by atoms with Gasteiger partial charge in [-0.05, 0) is 94.3 Å². The Hall–Kier alpha value is -0.380. The van der Waals surface area contributed by atoms with Gasteiger partial charge in [0.15, 0.2) is 0 Å². The van der Waals surface area contributed by atoms with Crippen molar-refractivity contribution in [2.45, 2.75) is 104 Å². The molecule has 9 atom stereocenters. The molecule has 27 heavy (non-hydrogen) atoms. The number of hydrogen-bond acceptors (Lipinski definition) is 3. The van der Waals surface area contributed by atoms with E-state index in [1.807, 2.05) is 0 Å². The first-order valence-electron chi connectivity index (χ1n) is 11.6. The van der Waals surface area contributed by atoms with Gasteiger partial charge in [-0.25, -0.2) is 0 Å². The minimum atomic E-state index is -0.0989. The Bertz CT molecular complexity index is 644. The second kappa shape index (κ2) is 6.06. The standard InChI is InChI=1S/C24H39NO2/c1-14(2)25-21-13-20-18-7-6-16-12-17(26)8-10-23(16,4)19(18)9-11-24(20,5)22(21)15(3)27-25/h6,14-15,17-22,26H,7-13H2,1-5H3/t15-,17+,18-,19+,20+,21-,22-,23+,24+/m1/s1. The summed E-state index contributed by atoms with van der Waals surface area (Å²) in [5.74, 6) is 3.18. The van der Waals surface area contributed by atoms with E-state index in [0.717, 1.165) is 30.6 Å². The van der Waals surface area contributed by atoms with E-state index in [2.05, 4.69) is 45.8 Å². The Labute approximate surface area is 165 Å². The zero-order valence-corrected chi connectivity index (χ0v) is 17.9. The lowest BCUT2D eigenvalue weighted by Crippen LogP contribution is -2.51. The van der Waals surface area contributed by atoms with Crippen LogP contribution in [0.25, 0.3) is 0 Å². The molecule has 152 valence electrons. The van der Waals surface area contributed by atoms with Gasteiger partial charge in [0, 0.05) is 18.0 Å². The monoisotopic (exact) mass is 373 g/mol. The molecule has 0 bridgehead atoms. The van der Waals surface area contributed by atoms with E-state index >= 15 is 0 Å². The molecular weight excluding hydrogens is 334 g/mol. The highest BCUT2D eigenvalue weighted by Crippen LogP contribution is 2.68. The molecular formula is C24H39NO2. The third kappa shape index (κ3) is 2.43. The summed E-state index contributed by atoms with van der Waals surface area (Å²) < 4.78 is 0. The van der Waals surface area contributed by atoms with Crippen molar-refractivity contribution >= 4 is 0 Å². The fourth-order valence-electron chi connectivity index (χ4n) is 8.65. The van der Waals surface area contributed by atoms with Crippen LogP contribution < -0.4 is 0 Å². The lowest BCUT2D eigenvalue weighted by Gasteiger charge is -2.58. The van der Waals surface area contributed by atoms with Crippen LogP contribution in [0.2, 0.25) is 0 Å². The molecule has 1 saturated heterocycles. The van der Waals surface area contributed by atoms with Gasteiger partial charge in [-0.15, -0.1) is 0 Å². The van der Waals surface area contributed by atoms with Crippen LogP contribution >= 0.6 is 0 Å². The van der Waals surface area contributed by atoms with E-state index < -0.39 is 0 Å². The smallest absolute Gasteiger partial charge is 0.0814 e. The van der Waals surface area contributed by atoms with Crippen LogP contribution in [-0.2, 0) is 4.84 Å². The molecule has 0 aromatic rings. The summed E-state index contributed by atoms with van der Waals surface area (Å²) in [5.41, 5.74) is 2.37. The molecule has 4 fully saturated rings. The van der Waals surface area contributed by atoms with Gasteiger partial charge in [0.1, 0.15) is 0 Å². The normalized spacial score (nSPS) is 54.9. The molecule has 1 aliphatic heterocycles. The zero-order valence-electron chi connectivity index (χ0n) is 17.9. The van der Waals surface area contributed by atoms with Crippen molar-refractivity contribution in [1.29, 1.82) is 0 Å². The summed E-state index contributed by atoms with van der Waals surface area (Å²) in [6.45, 7) is 12.0. The fourth-order valence-corrected chi connectivity index (χ4v) is 8.65. The van der Waals surface area contributed by atoms with Gasteiger partial charge < -0.3 is 5.11 Å². The van der Waals surface area contributed by atoms with Gasteiger partial charge in [-0.2, -0.15) is 5.06 Å². The van der Waals surface area contributed by atoms with E-state index in [9.17, 15) is 5.11 Å². The molecule has 4 aliphatic carbocycles. The van der Waals surface area contributed by atoms with Crippen molar-refractivity contribution in [1.82, 2.24) is 5.06 Å². The molecule has 0 aromatic heterocycles. The fraction of sp³-hybridized carbons (Fsp3) is 0.917. The zero-order chi connectivity index (χ0) is 19.1. The summed E-state index contributed by atoms with van der Waals surface area (Å²) in [7, 11) is 0. The second-order valence-electron chi connectivity index (χ2n) is 11.3. The molecule has 0 aromatic carbocycles. The molecule has 3 nitrogen and oxygen atoms in total. The number of hydroxylamine groups is 2. The van der Waals surface area contributed by atoms with Crippen LogP contribution in [0.3, 0.4) is 0 Å². The van der Waals surface area contributed by atoms with E-state index in [1.165, 1.54) is 32.1 Å². The van der Waals surface area contributed by atoms with Crippen LogP contribution in [-0.4, -0.2) is 34.5 Å². The first kappa shape index (κ1) is 18.6. The first-order chi connectivity index (χ1) is 12.8. The largest absolute Gasteiger partial charge is 0.393 e. The van der Waals surface area contributed by atoms with Crippen molar-refractivity contribution in [3.63, 3.8) is 0 Å². The van der Waals surface area contributed by atoms with Gasteiger partial charge in [0.25, 0.3) is 0 Å². The average molecular weight is 374 g/mol. The van der Waals surface area contributed by atoms with Gasteiger partial charge in [-0.1, -0.05) is 25.5 Å². The minimum Gasteiger partial charge on any atom is -0.393 e. The lowest BCUT2D eigenvalue weighted by molar-refractivity contribution is -0.188. The molecule has 0 unspecified atom stereocenters. The maximum atomic E-state index is 10.2. The Morgan fingerprint density at radius 3 is 2.70 bits per heavy atom. The van der Waals surface area contributed by atoms with Crippen molar-refractivity contribution in [3.8, 4) is 0 Å². The third-order valence-electron chi connectivity index (χ3n) is 9.82. The maximum absolute atomic E-state index is 10.2. The molecule has 5 aliphatic rings. The highest BCUT2D eigenvalue weighted by molar-refractivity contribution is 5.26. The van der Waals surface area contributed by atoms with E-state index in [0.29, 0.717) is 34.9 Å². The Balaban J connectivity index is 1.48. The SMILES string of the molecule is CC(C)N1O[C@H](C)[C@@H]2[C@H]1C[C@H]1[C@@H]3CC=C4C[C@@H](O)CC[C@]4(C)[C@H]3CC[C@]21C. The number of allylic oxidation sites excluding steroid dienone is 1. The highest BCUT2D eigenvalue weighted by atomic mass is 16.7. The van der Waals surface area contributed by atoms with E-state index in [-0.39, 0.29) is 6.10 Å². The summed E-state index contributed by atoms with van der Waals surface area (Å²) in [6, 6.07) is 1.08. The average Bonchev–Trinajstić information content (AvgIpc) is 3.11. The van der Waals surface area contributed by atoms with Gasteiger partial charge in [-0.3, -0.25) is 4.84 Å². The van der Waals surface area contributed by atoms with Crippen LogP contribution in [0.4, 0.5) is 0 Å². The van der Waals surface area contributed by atoms with Gasteiger partial charge in [0.2, 0.25) is 0 Å².